The van der Waals surface area contributed by atoms with Gasteiger partial charge < -0.3 is 14.6 Å². The number of nitrogens with zero attached hydrogens (tertiary/aromatic N) is 2. The standard InChI is InChI=1S/C27H22Cl2N2O6/c1-14(2)37-27(35)16-4-6-18(7-5-16)31-22(15-8-10-30-11-9-15)21(24(33)26(31)34)23(32)19-12-17(28)13-20(29)25(19)36-3/h4-14,22,32H,1-3H3/b23-21+. The SMILES string of the molecule is COc1c(Cl)cc(Cl)cc1/C(O)=C1\C(=O)C(=O)N(c2ccc(C(=O)OC(C)C)cc2)C1c1ccncc1. The molecule has 2 heterocycles. The zero-order valence-corrected chi connectivity index (χ0v) is 21.6. The Hall–Kier alpha value is -3.88. The number of pyridine rings is 1. The number of anilines is 1. The van der Waals surface area contributed by atoms with E-state index in [1.54, 1.807) is 26.0 Å². The van der Waals surface area contributed by atoms with Crippen molar-refractivity contribution in [2.24, 2.45) is 0 Å². The molecule has 1 amide bonds. The number of halogens is 2. The summed E-state index contributed by atoms with van der Waals surface area (Å²) < 4.78 is 10.6. The molecule has 1 N–H and O–H groups in total. The zero-order chi connectivity index (χ0) is 26.9. The lowest BCUT2D eigenvalue weighted by Crippen LogP contribution is -2.29. The molecule has 1 aliphatic rings. The summed E-state index contributed by atoms with van der Waals surface area (Å²) in [4.78, 5) is 44.2. The molecule has 8 nitrogen and oxygen atoms in total. The molecule has 3 aromatic rings. The molecule has 1 aliphatic heterocycles. The molecule has 1 saturated heterocycles. The fourth-order valence-corrected chi connectivity index (χ4v) is 4.66. The van der Waals surface area contributed by atoms with Crippen LogP contribution in [-0.2, 0) is 14.3 Å². The molecule has 0 spiro atoms. The normalized spacial score (nSPS) is 16.8. The molecule has 1 atom stereocenters. The number of amides is 1. The highest BCUT2D eigenvalue weighted by atomic mass is 35.5. The van der Waals surface area contributed by atoms with Crippen molar-refractivity contribution >= 4 is 52.3 Å². The minimum atomic E-state index is -1.01. The Morgan fingerprint density at radius 3 is 2.30 bits per heavy atom. The average Bonchev–Trinajstić information content (AvgIpc) is 3.13. The smallest absolute Gasteiger partial charge is 0.338 e. The Balaban J connectivity index is 1.88. The number of rotatable bonds is 6. The maximum absolute atomic E-state index is 13.3. The Labute approximate surface area is 223 Å². The van der Waals surface area contributed by atoms with E-state index in [2.05, 4.69) is 4.98 Å². The van der Waals surface area contributed by atoms with E-state index < -0.39 is 29.5 Å². The summed E-state index contributed by atoms with van der Waals surface area (Å²) in [5.41, 5.74) is 1.01. The van der Waals surface area contributed by atoms with Crippen molar-refractivity contribution in [3.63, 3.8) is 0 Å². The number of aliphatic hydroxyl groups excluding tert-OH is 1. The van der Waals surface area contributed by atoms with Crippen LogP contribution in [0.1, 0.15) is 41.4 Å². The van der Waals surface area contributed by atoms with Gasteiger partial charge in [-0.25, -0.2) is 4.79 Å². The largest absolute Gasteiger partial charge is 0.507 e. The molecule has 0 radical (unpaired) electrons. The van der Waals surface area contributed by atoms with Crippen LogP contribution >= 0.6 is 23.2 Å². The van der Waals surface area contributed by atoms with E-state index in [1.165, 1.54) is 60.8 Å². The summed E-state index contributed by atoms with van der Waals surface area (Å²) in [5, 5.41) is 11.7. The zero-order valence-electron chi connectivity index (χ0n) is 20.1. The van der Waals surface area contributed by atoms with Crippen LogP contribution < -0.4 is 9.64 Å². The summed E-state index contributed by atoms with van der Waals surface area (Å²) in [6.45, 7) is 3.48. The van der Waals surface area contributed by atoms with Gasteiger partial charge in [0.15, 0.2) is 0 Å². The Bertz CT molecular complexity index is 1400. The fourth-order valence-electron chi connectivity index (χ4n) is 4.09. The number of carbonyl (C=O) groups excluding carboxylic acids is 3. The molecule has 190 valence electrons. The number of carbonyl (C=O) groups is 3. The number of aliphatic hydroxyl groups is 1. The predicted octanol–water partition coefficient (Wildman–Crippen LogP) is 5.59. The first kappa shape index (κ1) is 26.2. The van der Waals surface area contributed by atoms with Crippen molar-refractivity contribution in [2.75, 3.05) is 12.0 Å². The number of Topliss-reactive ketones (excluding diaryl/α,β-unsaturated/α-hetero) is 1. The number of aromatic nitrogens is 1. The van der Waals surface area contributed by atoms with Crippen molar-refractivity contribution < 1.29 is 29.0 Å². The van der Waals surface area contributed by atoms with Gasteiger partial charge in [-0.15, -0.1) is 0 Å². The molecule has 1 fully saturated rings. The molecule has 0 saturated carbocycles. The van der Waals surface area contributed by atoms with E-state index in [4.69, 9.17) is 32.7 Å². The van der Waals surface area contributed by atoms with Crippen LogP contribution in [0.5, 0.6) is 5.75 Å². The summed E-state index contributed by atoms with van der Waals surface area (Å²) in [5.74, 6) is -2.70. The number of hydrogen-bond donors (Lipinski definition) is 1. The second-order valence-electron chi connectivity index (χ2n) is 8.42. The van der Waals surface area contributed by atoms with Gasteiger partial charge in [0, 0.05) is 23.1 Å². The molecule has 10 heteroatoms. The Morgan fingerprint density at radius 1 is 1.05 bits per heavy atom. The maximum atomic E-state index is 13.3. The molecule has 2 aromatic carbocycles. The summed E-state index contributed by atoms with van der Waals surface area (Å²) in [7, 11) is 1.36. The number of methoxy groups -OCH3 is 1. The van der Waals surface area contributed by atoms with Crippen LogP contribution in [0.3, 0.4) is 0 Å². The molecule has 0 aliphatic carbocycles. The topological polar surface area (TPSA) is 106 Å². The highest BCUT2D eigenvalue weighted by Crippen LogP contribution is 2.44. The number of ether oxygens (including phenoxy) is 2. The number of hydrogen-bond acceptors (Lipinski definition) is 7. The summed E-state index contributed by atoms with van der Waals surface area (Å²) in [6.07, 6.45) is 2.72. The first-order chi connectivity index (χ1) is 17.6. The van der Waals surface area contributed by atoms with Crippen molar-refractivity contribution in [2.45, 2.75) is 26.0 Å². The molecular formula is C27H22Cl2N2O6. The van der Waals surface area contributed by atoms with Crippen LogP contribution in [0.4, 0.5) is 5.69 Å². The maximum Gasteiger partial charge on any atom is 0.338 e. The molecule has 1 unspecified atom stereocenters. The van der Waals surface area contributed by atoms with Crippen LogP contribution in [0.15, 0.2) is 66.5 Å². The Kier molecular flexibility index (Phi) is 7.52. The molecule has 37 heavy (non-hydrogen) atoms. The number of esters is 1. The van der Waals surface area contributed by atoms with Crippen molar-refractivity contribution in [1.82, 2.24) is 4.98 Å². The van der Waals surface area contributed by atoms with Crippen LogP contribution in [0.25, 0.3) is 5.76 Å². The molecule has 0 bridgehead atoms. The Morgan fingerprint density at radius 2 is 1.70 bits per heavy atom. The number of ketones is 1. The van der Waals surface area contributed by atoms with Gasteiger partial charge in [0.25, 0.3) is 11.7 Å². The highest BCUT2D eigenvalue weighted by molar-refractivity contribution is 6.52. The van der Waals surface area contributed by atoms with E-state index in [-0.39, 0.29) is 38.6 Å². The second-order valence-corrected chi connectivity index (χ2v) is 9.26. The van der Waals surface area contributed by atoms with Crippen LogP contribution in [0.2, 0.25) is 10.0 Å². The third kappa shape index (κ3) is 5.03. The average molecular weight is 541 g/mol. The van der Waals surface area contributed by atoms with Gasteiger partial charge in [0.1, 0.15) is 11.5 Å². The molecule has 4 rings (SSSR count). The minimum Gasteiger partial charge on any atom is -0.507 e. The number of benzene rings is 2. The highest BCUT2D eigenvalue weighted by Gasteiger charge is 2.47. The van der Waals surface area contributed by atoms with Crippen LogP contribution in [-0.4, -0.2) is 41.0 Å². The van der Waals surface area contributed by atoms with Gasteiger partial charge in [-0.05, 0) is 67.9 Å². The van der Waals surface area contributed by atoms with E-state index in [9.17, 15) is 19.5 Å². The quantitative estimate of drug-likeness (QED) is 0.188. The first-order valence-electron chi connectivity index (χ1n) is 11.2. The third-order valence-electron chi connectivity index (χ3n) is 5.66. The van der Waals surface area contributed by atoms with Gasteiger partial charge in [-0.3, -0.25) is 19.5 Å². The van der Waals surface area contributed by atoms with E-state index in [0.29, 0.717) is 11.3 Å². The minimum absolute atomic E-state index is 0.0591. The van der Waals surface area contributed by atoms with Gasteiger partial charge in [0.2, 0.25) is 0 Å². The van der Waals surface area contributed by atoms with E-state index >= 15 is 0 Å². The summed E-state index contributed by atoms with van der Waals surface area (Å²) in [6, 6.07) is 11.2. The van der Waals surface area contributed by atoms with E-state index in [0.717, 1.165) is 0 Å². The van der Waals surface area contributed by atoms with Gasteiger partial charge >= 0.3 is 5.97 Å². The van der Waals surface area contributed by atoms with E-state index in [1.807, 2.05) is 0 Å². The first-order valence-corrected chi connectivity index (χ1v) is 11.9. The van der Waals surface area contributed by atoms with Crippen molar-refractivity contribution in [3.8, 4) is 5.75 Å². The summed E-state index contributed by atoms with van der Waals surface area (Å²) >= 11 is 12.4. The van der Waals surface area contributed by atoms with Crippen LogP contribution in [0, 0.1) is 0 Å². The van der Waals surface area contributed by atoms with Crippen molar-refractivity contribution in [1.29, 1.82) is 0 Å². The molecule has 1 aromatic heterocycles. The lowest BCUT2D eigenvalue weighted by molar-refractivity contribution is -0.132. The van der Waals surface area contributed by atoms with Gasteiger partial charge in [0.05, 0.1) is 41.0 Å². The molecular weight excluding hydrogens is 519 g/mol. The predicted molar refractivity (Wildman–Crippen MR) is 139 cm³/mol. The monoisotopic (exact) mass is 540 g/mol. The fraction of sp³-hybridized carbons (Fsp3) is 0.185. The lowest BCUT2D eigenvalue weighted by atomic mass is 9.95. The van der Waals surface area contributed by atoms with Gasteiger partial charge in [-0.2, -0.15) is 0 Å². The second kappa shape index (κ2) is 10.6. The lowest BCUT2D eigenvalue weighted by Gasteiger charge is -2.25. The third-order valence-corrected chi connectivity index (χ3v) is 6.16. The van der Waals surface area contributed by atoms with Crippen molar-refractivity contribution in [3.05, 3.63) is 93.2 Å². The van der Waals surface area contributed by atoms with Gasteiger partial charge in [-0.1, -0.05) is 23.2 Å².